The summed E-state index contributed by atoms with van der Waals surface area (Å²) in [5, 5.41) is 9.75. The number of hydrogen-bond donors (Lipinski definition) is 2. The maximum atomic E-state index is 12.1. The first kappa shape index (κ1) is 12.7. The first-order chi connectivity index (χ1) is 8.29. The topological polar surface area (TPSA) is 73.2 Å². The van der Waals surface area contributed by atoms with E-state index in [2.05, 4.69) is 0 Å². The zero-order valence-corrected chi connectivity index (χ0v) is 11.0. The Hall–Kier alpha value is -1.75. The van der Waals surface area contributed by atoms with Gasteiger partial charge in [0.1, 0.15) is 0 Å². The van der Waals surface area contributed by atoms with E-state index in [0.29, 0.717) is 18.7 Å². The van der Waals surface area contributed by atoms with E-state index in [-0.39, 0.29) is 5.69 Å². The summed E-state index contributed by atoms with van der Waals surface area (Å²) < 4.78 is 3.25. The van der Waals surface area contributed by atoms with E-state index < -0.39 is 5.60 Å². The maximum absolute atomic E-state index is 12.1. The number of imidazole rings is 1. The quantitative estimate of drug-likeness (QED) is 0.799. The molecule has 3 N–H and O–H groups in total. The van der Waals surface area contributed by atoms with E-state index in [1.54, 1.807) is 42.2 Å². The van der Waals surface area contributed by atoms with Crippen LogP contribution in [0.15, 0.2) is 23.0 Å². The minimum atomic E-state index is -0.782. The number of nitrogen functional groups attached to an aromatic ring is 1. The summed E-state index contributed by atoms with van der Waals surface area (Å²) in [5.74, 6) is 0. The molecule has 0 radical (unpaired) electrons. The van der Waals surface area contributed by atoms with Crippen LogP contribution in [-0.2, 0) is 13.6 Å². The average molecular weight is 249 g/mol. The average Bonchev–Trinajstić information content (AvgIpc) is 2.49. The van der Waals surface area contributed by atoms with Crippen molar-refractivity contribution in [3.8, 4) is 0 Å². The number of benzene rings is 1. The van der Waals surface area contributed by atoms with Crippen LogP contribution >= 0.6 is 0 Å². The fourth-order valence-corrected chi connectivity index (χ4v) is 2.03. The molecule has 0 atom stereocenters. The van der Waals surface area contributed by atoms with Crippen LogP contribution < -0.4 is 11.4 Å². The molecule has 0 aliphatic rings. The zero-order chi connectivity index (χ0) is 13.5. The van der Waals surface area contributed by atoms with Gasteiger partial charge in [-0.3, -0.25) is 9.13 Å². The van der Waals surface area contributed by atoms with Crippen LogP contribution in [0.3, 0.4) is 0 Å². The van der Waals surface area contributed by atoms with Gasteiger partial charge in [0.15, 0.2) is 0 Å². The molecule has 2 aromatic rings. The van der Waals surface area contributed by atoms with Gasteiger partial charge >= 0.3 is 5.69 Å². The summed E-state index contributed by atoms with van der Waals surface area (Å²) in [6.45, 7) is 3.96. The Morgan fingerprint density at radius 1 is 1.33 bits per heavy atom. The second kappa shape index (κ2) is 4.17. The molecule has 5 nitrogen and oxygen atoms in total. The Kier molecular flexibility index (Phi) is 2.94. The minimum Gasteiger partial charge on any atom is -0.399 e. The Bertz CT molecular complexity index is 632. The lowest BCUT2D eigenvalue weighted by Gasteiger charge is -2.16. The number of rotatable bonds is 3. The largest absolute Gasteiger partial charge is 0.399 e. The first-order valence-electron chi connectivity index (χ1n) is 5.97. The highest BCUT2D eigenvalue weighted by molar-refractivity contribution is 5.79. The van der Waals surface area contributed by atoms with Crippen LogP contribution in [0.2, 0.25) is 0 Å². The number of anilines is 1. The van der Waals surface area contributed by atoms with Crippen molar-refractivity contribution >= 4 is 16.7 Å². The van der Waals surface area contributed by atoms with E-state index in [4.69, 9.17) is 5.73 Å². The molecular formula is C13H19N3O2. The van der Waals surface area contributed by atoms with Crippen molar-refractivity contribution in [2.75, 3.05) is 5.73 Å². The Morgan fingerprint density at radius 3 is 2.61 bits per heavy atom. The van der Waals surface area contributed by atoms with Crippen LogP contribution in [0.5, 0.6) is 0 Å². The molecular weight excluding hydrogens is 230 g/mol. The molecule has 0 saturated heterocycles. The lowest BCUT2D eigenvalue weighted by molar-refractivity contribution is 0.0662. The third kappa shape index (κ3) is 2.26. The summed E-state index contributed by atoms with van der Waals surface area (Å²) in [7, 11) is 1.73. The number of aromatic nitrogens is 2. The molecule has 0 fully saturated rings. The third-order valence-corrected chi connectivity index (χ3v) is 3.12. The summed E-state index contributed by atoms with van der Waals surface area (Å²) >= 11 is 0. The molecule has 1 aromatic heterocycles. The number of nitrogens with two attached hydrogens (primary N) is 1. The van der Waals surface area contributed by atoms with Gasteiger partial charge < -0.3 is 10.8 Å². The van der Waals surface area contributed by atoms with E-state index >= 15 is 0 Å². The molecule has 98 valence electrons. The van der Waals surface area contributed by atoms with Crippen molar-refractivity contribution in [1.82, 2.24) is 9.13 Å². The summed E-state index contributed by atoms with van der Waals surface area (Å²) in [4.78, 5) is 12.1. The molecule has 2 rings (SSSR count). The molecule has 0 spiro atoms. The van der Waals surface area contributed by atoms with E-state index in [1.807, 2.05) is 6.07 Å². The maximum Gasteiger partial charge on any atom is 0.328 e. The van der Waals surface area contributed by atoms with Crippen LogP contribution in [0.4, 0.5) is 5.69 Å². The van der Waals surface area contributed by atoms with Gasteiger partial charge in [-0.15, -0.1) is 0 Å². The van der Waals surface area contributed by atoms with Crippen LogP contribution in [0, 0.1) is 0 Å². The zero-order valence-electron chi connectivity index (χ0n) is 11.0. The van der Waals surface area contributed by atoms with Gasteiger partial charge in [-0.2, -0.15) is 0 Å². The van der Waals surface area contributed by atoms with Crippen molar-refractivity contribution in [2.24, 2.45) is 7.05 Å². The molecule has 1 heterocycles. The van der Waals surface area contributed by atoms with E-state index in [9.17, 15) is 9.90 Å². The Labute approximate surface area is 105 Å². The highest BCUT2D eigenvalue weighted by Gasteiger charge is 2.16. The predicted molar refractivity (Wildman–Crippen MR) is 72.5 cm³/mol. The lowest BCUT2D eigenvalue weighted by atomic mass is 10.1. The fraction of sp³-hybridized carbons (Fsp3) is 0.462. The van der Waals surface area contributed by atoms with Gasteiger partial charge in [-0.25, -0.2) is 4.79 Å². The molecule has 0 amide bonds. The van der Waals surface area contributed by atoms with Crippen molar-refractivity contribution in [1.29, 1.82) is 0 Å². The van der Waals surface area contributed by atoms with Gasteiger partial charge in [0.25, 0.3) is 0 Å². The van der Waals surface area contributed by atoms with Crippen molar-refractivity contribution in [2.45, 2.75) is 32.4 Å². The SMILES string of the molecule is Cn1c(=O)n(CCC(C)(C)O)c2ccc(N)cc21. The van der Waals surface area contributed by atoms with Gasteiger partial charge in [0.05, 0.1) is 16.6 Å². The van der Waals surface area contributed by atoms with Gasteiger partial charge in [-0.05, 0) is 38.5 Å². The van der Waals surface area contributed by atoms with Gasteiger partial charge in [-0.1, -0.05) is 0 Å². The first-order valence-corrected chi connectivity index (χ1v) is 5.97. The number of fused-ring (bicyclic) bond motifs is 1. The Balaban J connectivity index is 2.51. The standard InChI is InChI=1S/C13H19N3O2/c1-13(2,18)6-7-16-10-5-4-9(14)8-11(10)15(3)12(16)17/h4-5,8,18H,6-7,14H2,1-3H3. The molecule has 0 unspecified atom stereocenters. The van der Waals surface area contributed by atoms with Crippen molar-refractivity contribution in [3.63, 3.8) is 0 Å². The second-order valence-corrected chi connectivity index (χ2v) is 5.30. The number of nitrogens with zero attached hydrogens (tertiary/aromatic N) is 2. The second-order valence-electron chi connectivity index (χ2n) is 5.30. The molecule has 0 saturated carbocycles. The number of hydrogen-bond acceptors (Lipinski definition) is 3. The smallest absolute Gasteiger partial charge is 0.328 e. The number of aryl methyl sites for hydroxylation is 2. The minimum absolute atomic E-state index is 0.0835. The third-order valence-electron chi connectivity index (χ3n) is 3.12. The predicted octanol–water partition coefficient (Wildman–Crippen LogP) is 1.08. The Morgan fingerprint density at radius 2 is 2.00 bits per heavy atom. The highest BCUT2D eigenvalue weighted by atomic mass is 16.3. The summed E-state index contributed by atoms with van der Waals surface area (Å²) in [5.41, 5.74) is 7.17. The summed E-state index contributed by atoms with van der Waals surface area (Å²) in [6.07, 6.45) is 0.524. The van der Waals surface area contributed by atoms with Crippen LogP contribution in [-0.4, -0.2) is 19.8 Å². The molecule has 1 aromatic carbocycles. The van der Waals surface area contributed by atoms with E-state index in [0.717, 1.165) is 11.0 Å². The summed E-state index contributed by atoms with van der Waals surface area (Å²) in [6, 6.07) is 5.41. The molecule has 0 aliphatic heterocycles. The lowest BCUT2D eigenvalue weighted by Crippen LogP contribution is -2.27. The van der Waals surface area contributed by atoms with Gasteiger partial charge in [0.2, 0.25) is 0 Å². The van der Waals surface area contributed by atoms with Crippen molar-refractivity contribution in [3.05, 3.63) is 28.7 Å². The molecule has 0 aliphatic carbocycles. The molecule has 0 bridgehead atoms. The molecule has 18 heavy (non-hydrogen) atoms. The normalized spacial score (nSPS) is 12.2. The number of aliphatic hydroxyl groups is 1. The van der Waals surface area contributed by atoms with Gasteiger partial charge in [0, 0.05) is 19.3 Å². The monoisotopic (exact) mass is 249 g/mol. The van der Waals surface area contributed by atoms with Crippen molar-refractivity contribution < 1.29 is 5.11 Å². The highest BCUT2D eigenvalue weighted by Crippen LogP contribution is 2.17. The van der Waals surface area contributed by atoms with Crippen LogP contribution in [0.25, 0.3) is 11.0 Å². The molecule has 5 heteroatoms. The fourth-order valence-electron chi connectivity index (χ4n) is 2.03. The van der Waals surface area contributed by atoms with E-state index in [1.165, 1.54) is 0 Å². The van der Waals surface area contributed by atoms with Crippen LogP contribution in [0.1, 0.15) is 20.3 Å².